The van der Waals surface area contributed by atoms with Gasteiger partial charge in [0.15, 0.2) is 5.76 Å². The van der Waals surface area contributed by atoms with Crippen LogP contribution in [0.25, 0.3) is 16.5 Å². The standard InChI is InChI=1S/C20H13N3O5/c24-17(21-22-18(25)16-6-3-11-28-16)12-7-9-13(10-8-12)23-19(26)14-4-1-2-5-15(14)20(23)27/h1-11,26-27H. The lowest BCUT2D eigenvalue weighted by Crippen LogP contribution is -1.98. The Morgan fingerprint density at radius 1 is 0.786 bits per heavy atom. The minimum absolute atomic E-state index is 0.0162. The summed E-state index contributed by atoms with van der Waals surface area (Å²) in [6.45, 7) is 0. The van der Waals surface area contributed by atoms with Crippen LogP contribution < -0.4 is 0 Å². The van der Waals surface area contributed by atoms with Crippen LogP contribution in [0.5, 0.6) is 11.8 Å². The van der Waals surface area contributed by atoms with Crippen LogP contribution in [0, 0.1) is 0 Å². The second-order valence-electron chi connectivity index (χ2n) is 5.86. The molecule has 0 saturated heterocycles. The first-order valence-electron chi connectivity index (χ1n) is 8.22. The number of nitrogens with zero attached hydrogens (tertiary/aromatic N) is 3. The second-order valence-corrected chi connectivity index (χ2v) is 5.86. The Balaban J connectivity index is 1.59. The van der Waals surface area contributed by atoms with Gasteiger partial charge in [-0.15, -0.1) is 5.11 Å². The van der Waals surface area contributed by atoms with Gasteiger partial charge in [-0.2, -0.15) is 0 Å². The number of amides is 2. The molecule has 2 aromatic heterocycles. The van der Waals surface area contributed by atoms with E-state index in [1.54, 1.807) is 24.3 Å². The topological polar surface area (TPSA) is 117 Å². The molecule has 0 saturated carbocycles. The van der Waals surface area contributed by atoms with Crippen molar-refractivity contribution in [2.24, 2.45) is 10.2 Å². The third kappa shape index (κ3) is 2.92. The molecule has 138 valence electrons. The summed E-state index contributed by atoms with van der Waals surface area (Å²) in [5.74, 6) is -1.72. The van der Waals surface area contributed by atoms with Gasteiger partial charge in [0.05, 0.1) is 12.0 Å². The van der Waals surface area contributed by atoms with Crippen molar-refractivity contribution in [1.29, 1.82) is 0 Å². The number of benzene rings is 2. The number of aromatic nitrogens is 1. The minimum Gasteiger partial charge on any atom is -0.494 e. The van der Waals surface area contributed by atoms with E-state index in [0.717, 1.165) is 0 Å². The van der Waals surface area contributed by atoms with Crippen molar-refractivity contribution in [1.82, 2.24) is 4.57 Å². The zero-order valence-corrected chi connectivity index (χ0v) is 14.3. The molecule has 0 atom stereocenters. The number of carbonyl (C=O) groups excluding carboxylic acids is 2. The monoisotopic (exact) mass is 375 g/mol. The van der Waals surface area contributed by atoms with Crippen LogP contribution in [0.1, 0.15) is 20.9 Å². The predicted molar refractivity (Wildman–Crippen MR) is 98.8 cm³/mol. The Kier molecular flexibility index (Phi) is 4.21. The van der Waals surface area contributed by atoms with Crippen LogP contribution >= 0.6 is 0 Å². The summed E-state index contributed by atoms with van der Waals surface area (Å²) in [7, 11) is 0. The zero-order chi connectivity index (χ0) is 19.7. The molecule has 0 fully saturated rings. The predicted octanol–water partition coefficient (Wildman–Crippen LogP) is 4.07. The lowest BCUT2D eigenvalue weighted by atomic mass is 10.2. The largest absolute Gasteiger partial charge is 0.494 e. The summed E-state index contributed by atoms with van der Waals surface area (Å²) < 4.78 is 6.15. The van der Waals surface area contributed by atoms with Crippen LogP contribution in [0.15, 0.2) is 81.6 Å². The third-order valence-electron chi connectivity index (χ3n) is 4.17. The third-order valence-corrected chi connectivity index (χ3v) is 4.17. The molecular weight excluding hydrogens is 362 g/mol. The SMILES string of the molecule is O=C(N=NC(=O)c1ccco1)c1ccc(-n2c(O)c3ccccc3c2O)cc1. The smallest absolute Gasteiger partial charge is 0.331 e. The Morgan fingerprint density at radius 3 is 1.96 bits per heavy atom. The van der Waals surface area contributed by atoms with Crippen LogP contribution in [-0.4, -0.2) is 26.6 Å². The molecule has 0 bridgehead atoms. The molecule has 0 aliphatic heterocycles. The van der Waals surface area contributed by atoms with Gasteiger partial charge in [0, 0.05) is 16.3 Å². The highest BCUT2D eigenvalue weighted by atomic mass is 16.3. The summed E-state index contributed by atoms with van der Waals surface area (Å²) in [6, 6.07) is 15.8. The van der Waals surface area contributed by atoms with Crippen molar-refractivity contribution in [3.63, 3.8) is 0 Å². The zero-order valence-electron chi connectivity index (χ0n) is 14.3. The van der Waals surface area contributed by atoms with Crippen molar-refractivity contribution >= 4 is 22.6 Å². The van der Waals surface area contributed by atoms with Crippen molar-refractivity contribution in [3.05, 3.63) is 78.3 Å². The van der Waals surface area contributed by atoms with E-state index >= 15 is 0 Å². The van der Waals surface area contributed by atoms with E-state index in [1.807, 2.05) is 0 Å². The van der Waals surface area contributed by atoms with Gasteiger partial charge < -0.3 is 14.6 Å². The number of hydrogen-bond acceptors (Lipinski definition) is 5. The van der Waals surface area contributed by atoms with Crippen LogP contribution in [-0.2, 0) is 0 Å². The highest BCUT2D eigenvalue weighted by Crippen LogP contribution is 2.38. The van der Waals surface area contributed by atoms with Crippen LogP contribution in [0.3, 0.4) is 0 Å². The van der Waals surface area contributed by atoms with Gasteiger partial charge in [0.25, 0.3) is 5.91 Å². The van der Waals surface area contributed by atoms with Crippen molar-refractivity contribution in [2.45, 2.75) is 0 Å². The van der Waals surface area contributed by atoms with Gasteiger partial charge in [0.1, 0.15) is 0 Å². The molecule has 8 nitrogen and oxygen atoms in total. The molecule has 0 unspecified atom stereocenters. The van der Waals surface area contributed by atoms with E-state index < -0.39 is 11.8 Å². The average molecular weight is 375 g/mol. The van der Waals surface area contributed by atoms with Gasteiger partial charge in [-0.3, -0.25) is 14.2 Å². The average Bonchev–Trinajstić information content (AvgIpc) is 3.34. The van der Waals surface area contributed by atoms with E-state index in [2.05, 4.69) is 10.2 Å². The molecule has 2 aromatic carbocycles. The molecular formula is C20H13N3O5. The summed E-state index contributed by atoms with van der Waals surface area (Å²) in [4.78, 5) is 23.8. The van der Waals surface area contributed by atoms with Gasteiger partial charge in [-0.25, -0.2) is 0 Å². The highest BCUT2D eigenvalue weighted by molar-refractivity contribution is 5.98. The lowest BCUT2D eigenvalue weighted by molar-refractivity contribution is 0.0931. The molecule has 2 heterocycles. The molecule has 4 aromatic rings. The number of furan rings is 1. The minimum atomic E-state index is -0.760. The van der Waals surface area contributed by atoms with Crippen LogP contribution in [0.4, 0.5) is 0 Å². The quantitative estimate of drug-likeness (QED) is 0.524. The molecule has 0 aliphatic carbocycles. The molecule has 28 heavy (non-hydrogen) atoms. The summed E-state index contributed by atoms with van der Waals surface area (Å²) in [5, 5.41) is 28.5. The molecule has 2 N–H and O–H groups in total. The van der Waals surface area contributed by atoms with Crippen molar-refractivity contribution in [2.75, 3.05) is 0 Å². The van der Waals surface area contributed by atoms with E-state index in [4.69, 9.17) is 4.42 Å². The number of carbonyl (C=O) groups is 2. The summed E-state index contributed by atoms with van der Waals surface area (Å²) in [6.07, 6.45) is 1.32. The van der Waals surface area contributed by atoms with E-state index in [0.29, 0.717) is 16.5 Å². The fraction of sp³-hybridized carbons (Fsp3) is 0. The number of hydrogen-bond donors (Lipinski definition) is 2. The second kappa shape index (κ2) is 6.84. The van der Waals surface area contributed by atoms with E-state index in [9.17, 15) is 19.8 Å². The molecule has 0 radical (unpaired) electrons. The van der Waals surface area contributed by atoms with Crippen LogP contribution in [0.2, 0.25) is 0 Å². The summed E-state index contributed by atoms with van der Waals surface area (Å²) in [5.41, 5.74) is 0.641. The Hall–Kier alpha value is -4.20. The van der Waals surface area contributed by atoms with Gasteiger partial charge in [-0.05, 0) is 48.5 Å². The first-order valence-corrected chi connectivity index (χ1v) is 8.22. The number of aromatic hydroxyl groups is 2. The Bertz CT molecular complexity index is 1170. The molecule has 0 aliphatic rings. The number of rotatable bonds is 3. The van der Waals surface area contributed by atoms with Crippen molar-refractivity contribution in [3.8, 4) is 17.4 Å². The van der Waals surface area contributed by atoms with Crippen molar-refractivity contribution < 1.29 is 24.2 Å². The Morgan fingerprint density at radius 2 is 1.39 bits per heavy atom. The van der Waals surface area contributed by atoms with Gasteiger partial charge >= 0.3 is 5.91 Å². The lowest BCUT2D eigenvalue weighted by Gasteiger charge is -2.07. The molecule has 4 rings (SSSR count). The van der Waals surface area contributed by atoms with E-state index in [-0.39, 0.29) is 23.1 Å². The maximum absolute atomic E-state index is 12.1. The highest BCUT2D eigenvalue weighted by Gasteiger charge is 2.17. The molecule has 0 spiro atoms. The number of fused-ring (bicyclic) bond motifs is 1. The molecule has 8 heteroatoms. The maximum atomic E-state index is 12.1. The van der Waals surface area contributed by atoms with Gasteiger partial charge in [-0.1, -0.05) is 17.2 Å². The number of azo groups is 1. The molecule has 2 amide bonds. The van der Waals surface area contributed by atoms with E-state index in [1.165, 1.54) is 47.2 Å². The fourth-order valence-electron chi connectivity index (χ4n) is 2.81. The summed E-state index contributed by atoms with van der Waals surface area (Å²) >= 11 is 0. The Labute approximate surface area is 158 Å². The normalized spacial score (nSPS) is 11.3. The maximum Gasteiger partial charge on any atom is 0.331 e. The fourth-order valence-corrected chi connectivity index (χ4v) is 2.81. The first kappa shape index (κ1) is 17.2. The first-order chi connectivity index (χ1) is 13.6. The van der Waals surface area contributed by atoms with Gasteiger partial charge in [0.2, 0.25) is 11.8 Å².